The number of ketones is 1. The molecular formula is C9H17NO. The van der Waals surface area contributed by atoms with Gasteiger partial charge in [-0.15, -0.1) is 0 Å². The highest BCUT2D eigenvalue weighted by atomic mass is 16.1. The molecule has 2 heteroatoms. The highest BCUT2D eigenvalue weighted by molar-refractivity contribution is 5.82. The monoisotopic (exact) mass is 155 g/mol. The number of rotatable bonds is 2. The van der Waals surface area contributed by atoms with Crippen molar-refractivity contribution in [2.45, 2.75) is 26.7 Å². The molecule has 1 heterocycles. The lowest BCUT2D eigenvalue weighted by Gasteiger charge is -2.22. The van der Waals surface area contributed by atoms with Crippen LogP contribution in [0, 0.1) is 11.8 Å². The predicted octanol–water partition coefficient (Wildman–Crippen LogP) is 1.21. The standard InChI is InChI=1S/C9H17NO/c1-7(2)9(11)8-3-5-10-6-4-8/h7-8,10H,3-6H2,1-2H3. The summed E-state index contributed by atoms with van der Waals surface area (Å²) in [5.74, 6) is 1.01. The van der Waals surface area contributed by atoms with Crippen LogP contribution in [0.25, 0.3) is 0 Å². The number of carbonyl (C=O) groups is 1. The molecule has 1 aliphatic rings. The smallest absolute Gasteiger partial charge is 0.138 e. The van der Waals surface area contributed by atoms with Gasteiger partial charge in [-0.2, -0.15) is 0 Å². The molecule has 2 nitrogen and oxygen atoms in total. The summed E-state index contributed by atoms with van der Waals surface area (Å²) in [7, 11) is 0. The van der Waals surface area contributed by atoms with Gasteiger partial charge < -0.3 is 5.32 Å². The molecule has 64 valence electrons. The molecule has 0 spiro atoms. The van der Waals surface area contributed by atoms with E-state index in [1.54, 1.807) is 0 Å². The fourth-order valence-corrected chi connectivity index (χ4v) is 1.58. The van der Waals surface area contributed by atoms with E-state index in [1.165, 1.54) is 0 Å². The Morgan fingerprint density at radius 3 is 2.36 bits per heavy atom. The summed E-state index contributed by atoms with van der Waals surface area (Å²) < 4.78 is 0. The van der Waals surface area contributed by atoms with Gasteiger partial charge in [0.05, 0.1) is 0 Å². The molecule has 0 aromatic heterocycles. The zero-order chi connectivity index (χ0) is 8.27. The average Bonchev–Trinajstić information content (AvgIpc) is 2.05. The average molecular weight is 155 g/mol. The van der Waals surface area contributed by atoms with Gasteiger partial charge in [0.2, 0.25) is 0 Å². The minimum absolute atomic E-state index is 0.220. The summed E-state index contributed by atoms with van der Waals surface area (Å²) in [6, 6.07) is 0. The van der Waals surface area contributed by atoms with Crippen molar-refractivity contribution in [3.63, 3.8) is 0 Å². The zero-order valence-electron chi connectivity index (χ0n) is 7.39. The number of hydrogen-bond acceptors (Lipinski definition) is 2. The molecule has 1 N–H and O–H groups in total. The van der Waals surface area contributed by atoms with Crippen molar-refractivity contribution in [2.75, 3.05) is 13.1 Å². The molecule has 1 rings (SSSR count). The van der Waals surface area contributed by atoms with Crippen LogP contribution in [0.15, 0.2) is 0 Å². The maximum atomic E-state index is 11.5. The third-order valence-electron chi connectivity index (χ3n) is 2.31. The Labute approximate surface area is 68.4 Å². The van der Waals surface area contributed by atoms with Gasteiger partial charge in [0.15, 0.2) is 0 Å². The van der Waals surface area contributed by atoms with E-state index in [9.17, 15) is 4.79 Å². The second-order valence-electron chi connectivity index (χ2n) is 3.58. The largest absolute Gasteiger partial charge is 0.317 e. The summed E-state index contributed by atoms with van der Waals surface area (Å²) in [6.45, 7) is 6.01. The molecule has 0 radical (unpaired) electrons. The van der Waals surface area contributed by atoms with E-state index in [0.717, 1.165) is 25.9 Å². The Hall–Kier alpha value is -0.370. The SMILES string of the molecule is CC(C)C(=O)C1CCNCC1. The summed E-state index contributed by atoms with van der Waals surface area (Å²) in [6.07, 6.45) is 2.08. The Bertz CT molecular complexity index is 136. The first-order valence-electron chi connectivity index (χ1n) is 4.46. The molecule has 0 saturated carbocycles. The highest BCUT2D eigenvalue weighted by Gasteiger charge is 2.22. The van der Waals surface area contributed by atoms with Gasteiger partial charge in [-0.25, -0.2) is 0 Å². The maximum absolute atomic E-state index is 11.5. The van der Waals surface area contributed by atoms with Gasteiger partial charge in [-0.05, 0) is 25.9 Å². The lowest BCUT2D eigenvalue weighted by atomic mass is 9.88. The molecule has 0 atom stereocenters. The first kappa shape index (κ1) is 8.72. The van der Waals surface area contributed by atoms with Crippen molar-refractivity contribution in [3.05, 3.63) is 0 Å². The van der Waals surface area contributed by atoms with Crippen molar-refractivity contribution < 1.29 is 4.79 Å². The van der Waals surface area contributed by atoms with Crippen molar-refractivity contribution in [2.24, 2.45) is 11.8 Å². The molecular weight excluding hydrogens is 138 g/mol. The molecule has 0 amide bonds. The lowest BCUT2D eigenvalue weighted by molar-refractivity contribution is -0.126. The molecule has 1 aliphatic heterocycles. The predicted molar refractivity (Wildman–Crippen MR) is 45.4 cm³/mol. The van der Waals surface area contributed by atoms with Crippen LogP contribution in [0.1, 0.15) is 26.7 Å². The Kier molecular flexibility index (Phi) is 3.06. The normalized spacial score (nSPS) is 20.6. The van der Waals surface area contributed by atoms with Crippen molar-refractivity contribution in [1.29, 1.82) is 0 Å². The van der Waals surface area contributed by atoms with Gasteiger partial charge in [0.1, 0.15) is 5.78 Å². The minimum Gasteiger partial charge on any atom is -0.317 e. The van der Waals surface area contributed by atoms with Gasteiger partial charge in [0, 0.05) is 11.8 Å². The third kappa shape index (κ3) is 2.29. The van der Waals surface area contributed by atoms with Crippen LogP contribution >= 0.6 is 0 Å². The van der Waals surface area contributed by atoms with E-state index in [4.69, 9.17) is 0 Å². The topological polar surface area (TPSA) is 29.1 Å². The molecule has 0 aromatic carbocycles. The summed E-state index contributed by atoms with van der Waals surface area (Å²) in [4.78, 5) is 11.5. The lowest BCUT2D eigenvalue weighted by Crippen LogP contribution is -2.33. The van der Waals surface area contributed by atoms with Crippen LogP contribution in [0.5, 0.6) is 0 Å². The zero-order valence-corrected chi connectivity index (χ0v) is 7.39. The third-order valence-corrected chi connectivity index (χ3v) is 2.31. The molecule has 0 aliphatic carbocycles. The fourth-order valence-electron chi connectivity index (χ4n) is 1.58. The number of Topliss-reactive ketones (excluding diaryl/α,β-unsaturated/α-hetero) is 1. The number of piperidine rings is 1. The van der Waals surface area contributed by atoms with Crippen LogP contribution in [-0.4, -0.2) is 18.9 Å². The van der Waals surface area contributed by atoms with Gasteiger partial charge in [-0.1, -0.05) is 13.8 Å². The van der Waals surface area contributed by atoms with Gasteiger partial charge in [0.25, 0.3) is 0 Å². The number of carbonyl (C=O) groups excluding carboxylic acids is 1. The molecule has 0 aromatic rings. The summed E-state index contributed by atoms with van der Waals surface area (Å²) >= 11 is 0. The first-order chi connectivity index (χ1) is 5.22. The van der Waals surface area contributed by atoms with E-state index >= 15 is 0 Å². The van der Waals surface area contributed by atoms with Crippen LogP contribution in [0.4, 0.5) is 0 Å². The van der Waals surface area contributed by atoms with Crippen LogP contribution < -0.4 is 5.32 Å². The second-order valence-corrected chi connectivity index (χ2v) is 3.58. The molecule has 11 heavy (non-hydrogen) atoms. The van der Waals surface area contributed by atoms with E-state index in [2.05, 4.69) is 5.32 Å². The van der Waals surface area contributed by atoms with Gasteiger partial charge in [-0.3, -0.25) is 4.79 Å². The molecule has 0 unspecified atom stereocenters. The highest BCUT2D eigenvalue weighted by Crippen LogP contribution is 2.16. The molecule has 1 fully saturated rings. The number of nitrogens with one attached hydrogen (secondary N) is 1. The summed E-state index contributed by atoms with van der Waals surface area (Å²) in [5.41, 5.74) is 0. The Morgan fingerprint density at radius 1 is 1.36 bits per heavy atom. The van der Waals surface area contributed by atoms with Crippen molar-refractivity contribution in [3.8, 4) is 0 Å². The van der Waals surface area contributed by atoms with Crippen LogP contribution in [0.3, 0.4) is 0 Å². The second kappa shape index (κ2) is 3.86. The fraction of sp³-hybridized carbons (Fsp3) is 0.889. The summed E-state index contributed by atoms with van der Waals surface area (Å²) in [5, 5.41) is 3.26. The van der Waals surface area contributed by atoms with E-state index in [1.807, 2.05) is 13.8 Å². The first-order valence-corrected chi connectivity index (χ1v) is 4.46. The molecule has 0 bridgehead atoms. The quantitative estimate of drug-likeness (QED) is 0.649. The van der Waals surface area contributed by atoms with E-state index < -0.39 is 0 Å². The van der Waals surface area contributed by atoms with Crippen LogP contribution in [-0.2, 0) is 4.79 Å². The van der Waals surface area contributed by atoms with Crippen molar-refractivity contribution >= 4 is 5.78 Å². The Balaban J connectivity index is 2.39. The van der Waals surface area contributed by atoms with E-state index in [-0.39, 0.29) is 5.92 Å². The minimum atomic E-state index is 0.220. The molecule has 1 saturated heterocycles. The van der Waals surface area contributed by atoms with Crippen molar-refractivity contribution in [1.82, 2.24) is 5.32 Å². The number of hydrogen-bond donors (Lipinski definition) is 1. The van der Waals surface area contributed by atoms with Gasteiger partial charge >= 0.3 is 0 Å². The maximum Gasteiger partial charge on any atom is 0.138 e. The Morgan fingerprint density at radius 2 is 1.91 bits per heavy atom. The van der Waals surface area contributed by atoms with Crippen LogP contribution in [0.2, 0.25) is 0 Å². The van der Waals surface area contributed by atoms with E-state index in [0.29, 0.717) is 11.7 Å².